The zero-order chi connectivity index (χ0) is 12.8. The molecule has 92 valence electrons. The normalized spacial score (nSPS) is 11.6. The number of amides is 1. The van der Waals surface area contributed by atoms with E-state index < -0.39 is 12.0 Å². The van der Waals surface area contributed by atoms with Gasteiger partial charge in [-0.1, -0.05) is 18.2 Å². The summed E-state index contributed by atoms with van der Waals surface area (Å²) in [5.41, 5.74) is 0.321. The molecule has 1 rings (SSSR count). The smallest absolute Gasteiger partial charge is 0.333 e. The van der Waals surface area contributed by atoms with Gasteiger partial charge in [0.15, 0.2) is 6.04 Å². The van der Waals surface area contributed by atoms with Crippen molar-refractivity contribution in [2.24, 2.45) is 0 Å². The fraction of sp³-hybridized carbons (Fsp3) is 0.333. The van der Waals surface area contributed by atoms with Crippen LogP contribution < -0.4 is 5.32 Å². The molecule has 5 nitrogen and oxygen atoms in total. The van der Waals surface area contributed by atoms with Crippen LogP contribution in [0, 0.1) is 0 Å². The van der Waals surface area contributed by atoms with Gasteiger partial charge >= 0.3 is 5.97 Å². The lowest BCUT2D eigenvalue weighted by molar-refractivity contribution is -0.147. The fourth-order valence-corrected chi connectivity index (χ4v) is 1.42. The minimum absolute atomic E-state index is 0.0562. The summed E-state index contributed by atoms with van der Waals surface area (Å²) >= 11 is 0. The van der Waals surface area contributed by atoms with Gasteiger partial charge in [-0.15, -0.1) is 0 Å². The molecule has 0 aliphatic rings. The highest BCUT2D eigenvalue weighted by molar-refractivity contribution is 5.85. The summed E-state index contributed by atoms with van der Waals surface area (Å²) in [6.45, 7) is 3.18. The molecule has 1 unspecified atom stereocenters. The molecule has 5 heteroatoms. The van der Waals surface area contributed by atoms with Gasteiger partial charge in [-0.2, -0.15) is 0 Å². The van der Waals surface area contributed by atoms with E-state index in [-0.39, 0.29) is 18.3 Å². The van der Waals surface area contributed by atoms with E-state index >= 15 is 0 Å². The SMILES string of the molecule is CCOC(=O)C(NC(C)=O)c1ccccc1O. The van der Waals surface area contributed by atoms with Crippen LogP contribution >= 0.6 is 0 Å². The summed E-state index contributed by atoms with van der Waals surface area (Å²) in [6, 6.07) is 5.34. The van der Waals surface area contributed by atoms with Gasteiger partial charge in [-0.3, -0.25) is 4.79 Å². The summed E-state index contributed by atoms with van der Waals surface area (Å²) in [5, 5.41) is 12.1. The molecule has 0 bridgehead atoms. The predicted molar refractivity (Wildman–Crippen MR) is 61.3 cm³/mol. The van der Waals surface area contributed by atoms with E-state index in [1.807, 2.05) is 0 Å². The Morgan fingerprint density at radius 2 is 2.06 bits per heavy atom. The monoisotopic (exact) mass is 237 g/mol. The average Bonchev–Trinajstić information content (AvgIpc) is 2.27. The first-order valence-electron chi connectivity index (χ1n) is 5.28. The number of hydrogen-bond acceptors (Lipinski definition) is 4. The number of para-hydroxylation sites is 1. The van der Waals surface area contributed by atoms with Crippen LogP contribution in [0.15, 0.2) is 24.3 Å². The van der Waals surface area contributed by atoms with Crippen LogP contribution in [0.2, 0.25) is 0 Å². The molecule has 0 spiro atoms. The molecule has 1 aromatic rings. The van der Waals surface area contributed by atoms with Gasteiger partial charge < -0.3 is 15.2 Å². The van der Waals surface area contributed by atoms with Crippen LogP contribution in [0.1, 0.15) is 25.5 Å². The number of ether oxygens (including phenoxy) is 1. The van der Waals surface area contributed by atoms with Crippen molar-refractivity contribution >= 4 is 11.9 Å². The molecule has 1 aromatic carbocycles. The third-order valence-corrected chi connectivity index (χ3v) is 2.12. The standard InChI is InChI=1S/C12H15NO4/c1-3-17-12(16)11(13-8(2)14)9-6-4-5-7-10(9)15/h4-7,11,15H,3H2,1-2H3,(H,13,14). The maximum Gasteiger partial charge on any atom is 0.333 e. The average molecular weight is 237 g/mol. The van der Waals surface area contributed by atoms with Crippen molar-refractivity contribution < 1.29 is 19.4 Å². The van der Waals surface area contributed by atoms with Crippen LogP contribution in [-0.2, 0) is 14.3 Å². The summed E-state index contributed by atoms with van der Waals surface area (Å²) in [4.78, 5) is 22.7. The molecule has 1 amide bonds. The number of carbonyl (C=O) groups excluding carboxylic acids is 2. The summed E-state index contributed by atoms with van der Waals surface area (Å²) < 4.78 is 4.85. The lowest BCUT2D eigenvalue weighted by Gasteiger charge is -2.17. The highest BCUT2D eigenvalue weighted by atomic mass is 16.5. The second-order valence-corrected chi connectivity index (χ2v) is 3.44. The lowest BCUT2D eigenvalue weighted by atomic mass is 10.1. The summed E-state index contributed by atoms with van der Waals surface area (Å²) in [5.74, 6) is -1.02. The fourth-order valence-electron chi connectivity index (χ4n) is 1.42. The Hall–Kier alpha value is -2.04. The Kier molecular flexibility index (Phi) is 4.51. The van der Waals surface area contributed by atoms with Crippen molar-refractivity contribution in [1.29, 1.82) is 0 Å². The van der Waals surface area contributed by atoms with Gasteiger partial charge in [0.1, 0.15) is 5.75 Å². The van der Waals surface area contributed by atoms with E-state index in [1.165, 1.54) is 13.0 Å². The van der Waals surface area contributed by atoms with Crippen LogP contribution in [-0.4, -0.2) is 23.6 Å². The van der Waals surface area contributed by atoms with Gasteiger partial charge in [-0.25, -0.2) is 4.79 Å². The van der Waals surface area contributed by atoms with Crippen LogP contribution in [0.25, 0.3) is 0 Å². The minimum Gasteiger partial charge on any atom is -0.508 e. The summed E-state index contributed by atoms with van der Waals surface area (Å²) in [7, 11) is 0. The summed E-state index contributed by atoms with van der Waals surface area (Å²) in [6.07, 6.45) is 0. The number of hydrogen-bond donors (Lipinski definition) is 2. The Morgan fingerprint density at radius 1 is 1.41 bits per heavy atom. The highest BCUT2D eigenvalue weighted by Gasteiger charge is 2.25. The highest BCUT2D eigenvalue weighted by Crippen LogP contribution is 2.24. The van der Waals surface area contributed by atoms with E-state index in [9.17, 15) is 14.7 Å². The van der Waals surface area contributed by atoms with Crippen molar-refractivity contribution in [2.75, 3.05) is 6.61 Å². The first-order chi connectivity index (χ1) is 8.06. The van der Waals surface area contributed by atoms with E-state index in [2.05, 4.69) is 5.32 Å². The largest absolute Gasteiger partial charge is 0.508 e. The first-order valence-corrected chi connectivity index (χ1v) is 5.28. The number of aromatic hydroxyl groups is 1. The number of esters is 1. The van der Waals surface area contributed by atoms with Crippen molar-refractivity contribution in [3.05, 3.63) is 29.8 Å². The minimum atomic E-state index is -0.978. The van der Waals surface area contributed by atoms with Gasteiger partial charge in [-0.05, 0) is 13.0 Å². The quantitative estimate of drug-likeness (QED) is 0.770. The molecule has 0 aliphatic carbocycles. The number of rotatable bonds is 4. The topological polar surface area (TPSA) is 75.6 Å². The number of carbonyl (C=O) groups is 2. The van der Waals surface area contributed by atoms with Crippen molar-refractivity contribution in [3.8, 4) is 5.75 Å². The van der Waals surface area contributed by atoms with E-state index in [1.54, 1.807) is 25.1 Å². The van der Waals surface area contributed by atoms with Crippen LogP contribution in [0.5, 0.6) is 5.75 Å². The molecular weight excluding hydrogens is 222 g/mol. The molecule has 0 heterocycles. The molecule has 0 aliphatic heterocycles. The molecule has 2 N–H and O–H groups in total. The number of nitrogens with one attached hydrogen (secondary N) is 1. The van der Waals surface area contributed by atoms with E-state index in [0.717, 1.165) is 0 Å². The van der Waals surface area contributed by atoms with E-state index in [0.29, 0.717) is 5.56 Å². The first kappa shape index (κ1) is 13.0. The van der Waals surface area contributed by atoms with Crippen molar-refractivity contribution in [1.82, 2.24) is 5.32 Å². The zero-order valence-electron chi connectivity index (χ0n) is 9.77. The third-order valence-electron chi connectivity index (χ3n) is 2.12. The second kappa shape index (κ2) is 5.89. The molecule has 17 heavy (non-hydrogen) atoms. The molecular formula is C12H15NO4. The van der Waals surface area contributed by atoms with Gasteiger partial charge in [0.2, 0.25) is 5.91 Å². The molecule has 0 fully saturated rings. The van der Waals surface area contributed by atoms with Crippen LogP contribution in [0.3, 0.4) is 0 Å². The maximum atomic E-state index is 11.7. The third kappa shape index (κ3) is 3.48. The van der Waals surface area contributed by atoms with Crippen molar-refractivity contribution in [2.45, 2.75) is 19.9 Å². The molecule has 1 atom stereocenters. The zero-order valence-corrected chi connectivity index (χ0v) is 9.77. The number of benzene rings is 1. The second-order valence-electron chi connectivity index (χ2n) is 3.44. The molecule has 0 saturated carbocycles. The maximum absolute atomic E-state index is 11.7. The molecule has 0 saturated heterocycles. The Bertz CT molecular complexity index is 417. The molecule has 0 radical (unpaired) electrons. The lowest BCUT2D eigenvalue weighted by Crippen LogP contribution is -2.33. The Labute approximate surface area is 99.4 Å². The number of phenolic OH excluding ortho intramolecular Hbond substituents is 1. The van der Waals surface area contributed by atoms with Gasteiger partial charge in [0.25, 0.3) is 0 Å². The van der Waals surface area contributed by atoms with Crippen molar-refractivity contribution in [3.63, 3.8) is 0 Å². The predicted octanol–water partition coefficient (Wildman–Crippen LogP) is 1.13. The van der Waals surface area contributed by atoms with Gasteiger partial charge in [0, 0.05) is 12.5 Å². The Balaban J connectivity index is 3.01. The van der Waals surface area contributed by atoms with Crippen LogP contribution in [0.4, 0.5) is 0 Å². The number of phenols is 1. The van der Waals surface area contributed by atoms with Gasteiger partial charge in [0.05, 0.1) is 6.61 Å². The Morgan fingerprint density at radius 3 is 2.59 bits per heavy atom. The molecule has 0 aromatic heterocycles. The van der Waals surface area contributed by atoms with E-state index in [4.69, 9.17) is 4.74 Å².